The Morgan fingerprint density at radius 1 is 1.11 bits per heavy atom. The van der Waals surface area contributed by atoms with E-state index in [0.717, 1.165) is 0 Å². The number of guanidine groups is 1. The first-order chi connectivity index (χ1) is 12.1. The number of rotatable bonds is 7. The normalized spacial score (nSPS) is 12.8. The molecule has 1 aromatic rings. The molecule has 1 atom stereocenters. The summed E-state index contributed by atoms with van der Waals surface area (Å²) in [7, 11) is 0. The van der Waals surface area contributed by atoms with Crippen molar-refractivity contribution in [1.82, 2.24) is 16.0 Å². The molecule has 27 heavy (non-hydrogen) atoms. The van der Waals surface area contributed by atoms with Crippen molar-refractivity contribution in [3.8, 4) is 0 Å². The van der Waals surface area contributed by atoms with E-state index < -0.39 is 11.5 Å². The lowest BCUT2D eigenvalue weighted by molar-refractivity contribution is -0.128. The molecular weight excluding hydrogens is 502 g/mol. The maximum Gasteiger partial charge on any atom is 0.225 e. The Kier molecular flexibility index (Phi) is 12.3. The van der Waals surface area contributed by atoms with Crippen molar-refractivity contribution in [2.24, 2.45) is 10.4 Å². The molecule has 0 aliphatic rings. The first-order valence-electron chi connectivity index (χ1n) is 8.58. The fourth-order valence-electron chi connectivity index (χ4n) is 2.01. The van der Waals surface area contributed by atoms with Gasteiger partial charge in [0.25, 0.3) is 0 Å². The highest BCUT2D eigenvalue weighted by Crippen LogP contribution is 2.23. The Morgan fingerprint density at radius 2 is 1.67 bits per heavy atom. The van der Waals surface area contributed by atoms with Gasteiger partial charge in [-0.3, -0.25) is 9.79 Å². The highest BCUT2D eigenvalue weighted by atomic mass is 127. The van der Waals surface area contributed by atoms with E-state index in [-0.39, 0.29) is 36.4 Å². The van der Waals surface area contributed by atoms with Crippen molar-refractivity contribution in [3.05, 3.63) is 33.8 Å². The molecule has 6 nitrogen and oxygen atoms in total. The number of nitrogens with one attached hydrogen (secondary N) is 3. The molecule has 0 aromatic heterocycles. The molecule has 4 N–H and O–H groups in total. The number of aliphatic imine (C=N–C) groups is 1. The molecular formula is C18H29Cl2IN4O2. The molecule has 0 saturated carbocycles. The fourth-order valence-corrected chi connectivity index (χ4v) is 2.56. The van der Waals surface area contributed by atoms with Gasteiger partial charge in [-0.25, -0.2) is 0 Å². The Hall–Kier alpha value is -0.770. The van der Waals surface area contributed by atoms with E-state index >= 15 is 0 Å². The van der Waals surface area contributed by atoms with Crippen LogP contribution in [0.3, 0.4) is 0 Å². The second-order valence-electron chi connectivity index (χ2n) is 6.87. The van der Waals surface area contributed by atoms with E-state index in [1.54, 1.807) is 18.2 Å². The third-order valence-electron chi connectivity index (χ3n) is 3.42. The van der Waals surface area contributed by atoms with Gasteiger partial charge in [-0.05, 0) is 30.7 Å². The molecule has 0 spiro atoms. The van der Waals surface area contributed by atoms with Crippen LogP contribution in [0.5, 0.6) is 0 Å². The number of aliphatic hydroxyl groups excluding tert-OH is 1. The Balaban J connectivity index is 0.00000676. The lowest BCUT2D eigenvalue weighted by Gasteiger charge is -2.18. The number of aliphatic hydroxyl groups is 1. The fraction of sp³-hybridized carbons (Fsp3) is 0.556. The second kappa shape index (κ2) is 12.6. The SMILES string of the molecule is CCNC(=NCC(O)c1cc(Cl)cc(Cl)c1)NCCNC(=O)C(C)(C)C.I. The zero-order chi connectivity index (χ0) is 19.7. The average molecular weight is 531 g/mol. The third kappa shape index (κ3) is 10.4. The molecule has 0 aliphatic heterocycles. The van der Waals surface area contributed by atoms with Gasteiger partial charge in [-0.15, -0.1) is 24.0 Å². The van der Waals surface area contributed by atoms with Crippen LogP contribution in [0.2, 0.25) is 10.0 Å². The highest BCUT2D eigenvalue weighted by Gasteiger charge is 2.20. The van der Waals surface area contributed by atoms with Crippen molar-refractivity contribution in [2.75, 3.05) is 26.2 Å². The number of carbonyl (C=O) groups excluding carboxylic acids is 1. The number of nitrogens with zero attached hydrogens (tertiary/aromatic N) is 1. The number of hydrogen-bond acceptors (Lipinski definition) is 3. The molecule has 1 amide bonds. The zero-order valence-electron chi connectivity index (χ0n) is 16.1. The molecule has 0 bridgehead atoms. The molecule has 0 aliphatic carbocycles. The van der Waals surface area contributed by atoms with E-state index in [1.807, 2.05) is 27.7 Å². The van der Waals surface area contributed by atoms with E-state index in [0.29, 0.717) is 41.2 Å². The van der Waals surface area contributed by atoms with Gasteiger partial charge in [0.1, 0.15) is 0 Å². The number of benzene rings is 1. The summed E-state index contributed by atoms with van der Waals surface area (Å²) in [5, 5.41) is 20.3. The number of hydrogen-bond donors (Lipinski definition) is 4. The molecule has 0 saturated heterocycles. The van der Waals surface area contributed by atoms with E-state index in [9.17, 15) is 9.90 Å². The molecule has 0 heterocycles. The predicted molar refractivity (Wildman–Crippen MR) is 123 cm³/mol. The summed E-state index contributed by atoms with van der Waals surface area (Å²) in [6.07, 6.45) is -0.817. The maximum atomic E-state index is 11.8. The first-order valence-corrected chi connectivity index (χ1v) is 9.33. The molecule has 0 radical (unpaired) electrons. The van der Waals surface area contributed by atoms with Crippen molar-refractivity contribution < 1.29 is 9.90 Å². The van der Waals surface area contributed by atoms with Gasteiger partial charge < -0.3 is 21.1 Å². The van der Waals surface area contributed by atoms with Crippen molar-refractivity contribution in [3.63, 3.8) is 0 Å². The van der Waals surface area contributed by atoms with Gasteiger partial charge in [0.15, 0.2) is 5.96 Å². The van der Waals surface area contributed by atoms with Crippen LogP contribution in [0, 0.1) is 5.41 Å². The van der Waals surface area contributed by atoms with Crippen LogP contribution < -0.4 is 16.0 Å². The summed E-state index contributed by atoms with van der Waals surface area (Å²) in [6, 6.07) is 4.94. The largest absolute Gasteiger partial charge is 0.386 e. The number of amides is 1. The van der Waals surface area contributed by atoms with E-state index in [1.165, 1.54) is 0 Å². The number of halogens is 3. The second-order valence-corrected chi connectivity index (χ2v) is 7.74. The summed E-state index contributed by atoms with van der Waals surface area (Å²) in [5.74, 6) is 0.555. The standard InChI is InChI=1S/C18H28Cl2N4O2.HI/c1-5-21-17(23-7-6-22-16(26)18(2,3)4)24-11-15(25)12-8-13(19)10-14(20)9-12;/h8-10,15,25H,5-7,11H2,1-4H3,(H,22,26)(H2,21,23,24);1H. The van der Waals surface area contributed by atoms with Crippen LogP contribution in [0.25, 0.3) is 0 Å². The van der Waals surface area contributed by atoms with Gasteiger partial charge >= 0.3 is 0 Å². The number of carbonyl (C=O) groups is 1. The van der Waals surface area contributed by atoms with Crippen LogP contribution in [-0.2, 0) is 4.79 Å². The van der Waals surface area contributed by atoms with Crippen molar-refractivity contribution in [1.29, 1.82) is 0 Å². The molecule has 9 heteroatoms. The summed E-state index contributed by atoms with van der Waals surface area (Å²) in [5.41, 5.74) is 0.195. The highest BCUT2D eigenvalue weighted by molar-refractivity contribution is 14.0. The Labute approximate surface area is 188 Å². The van der Waals surface area contributed by atoms with E-state index in [2.05, 4.69) is 20.9 Å². The smallest absolute Gasteiger partial charge is 0.225 e. The molecule has 154 valence electrons. The minimum Gasteiger partial charge on any atom is -0.386 e. The summed E-state index contributed by atoms with van der Waals surface area (Å²) >= 11 is 11.9. The molecule has 1 rings (SSSR count). The average Bonchev–Trinajstić information content (AvgIpc) is 2.54. The lowest BCUT2D eigenvalue weighted by Crippen LogP contribution is -2.43. The van der Waals surface area contributed by atoms with Gasteiger partial charge in [0.2, 0.25) is 5.91 Å². The van der Waals surface area contributed by atoms with Crippen molar-refractivity contribution in [2.45, 2.75) is 33.8 Å². The van der Waals surface area contributed by atoms with Crippen LogP contribution in [-0.4, -0.2) is 43.2 Å². The molecule has 1 unspecified atom stereocenters. The lowest BCUT2D eigenvalue weighted by atomic mass is 9.96. The summed E-state index contributed by atoms with van der Waals surface area (Å²) in [4.78, 5) is 16.2. The van der Waals surface area contributed by atoms with Crippen LogP contribution in [0.15, 0.2) is 23.2 Å². The van der Waals surface area contributed by atoms with Gasteiger partial charge in [0.05, 0.1) is 12.6 Å². The van der Waals surface area contributed by atoms with E-state index in [4.69, 9.17) is 23.2 Å². The topological polar surface area (TPSA) is 85.8 Å². The minimum absolute atomic E-state index is 0. The van der Waals surface area contributed by atoms with Crippen molar-refractivity contribution >= 4 is 59.0 Å². The van der Waals surface area contributed by atoms with Crippen LogP contribution in [0.4, 0.5) is 0 Å². The Bertz CT molecular complexity index is 616. The Morgan fingerprint density at radius 3 is 2.19 bits per heavy atom. The first kappa shape index (κ1) is 26.2. The maximum absolute atomic E-state index is 11.8. The molecule has 0 fully saturated rings. The molecule has 1 aromatic carbocycles. The quantitative estimate of drug-likeness (QED) is 0.188. The van der Waals surface area contributed by atoms with Gasteiger partial charge in [0, 0.05) is 35.1 Å². The van der Waals surface area contributed by atoms with Crippen LogP contribution >= 0.6 is 47.2 Å². The third-order valence-corrected chi connectivity index (χ3v) is 3.86. The van der Waals surface area contributed by atoms with Gasteiger partial charge in [-0.2, -0.15) is 0 Å². The monoisotopic (exact) mass is 530 g/mol. The predicted octanol–water partition coefficient (Wildman–Crippen LogP) is 3.36. The summed E-state index contributed by atoms with van der Waals surface area (Å²) in [6.45, 7) is 9.38. The van der Waals surface area contributed by atoms with Gasteiger partial charge in [-0.1, -0.05) is 44.0 Å². The summed E-state index contributed by atoms with van der Waals surface area (Å²) < 4.78 is 0. The minimum atomic E-state index is -0.817. The zero-order valence-corrected chi connectivity index (χ0v) is 19.9. The van der Waals surface area contributed by atoms with Crippen LogP contribution in [0.1, 0.15) is 39.4 Å².